The molecule has 140 valence electrons. The second kappa shape index (κ2) is 7.49. The Bertz CT molecular complexity index is 1250. The first-order valence-corrected chi connectivity index (χ1v) is 9.75. The number of fused-ring (bicyclic) bond motifs is 1. The van der Waals surface area contributed by atoms with Gasteiger partial charge in [-0.15, -0.1) is 11.3 Å². The molecule has 0 spiro atoms. The lowest BCUT2D eigenvalue weighted by atomic mass is 10.1. The highest BCUT2D eigenvalue weighted by molar-refractivity contribution is 9.10. The lowest BCUT2D eigenvalue weighted by Crippen LogP contribution is -2.27. The summed E-state index contributed by atoms with van der Waals surface area (Å²) in [6.07, 6.45) is 2.12. The number of hydrogen-bond acceptors (Lipinski definition) is 6. The SMILES string of the molecule is O=Cc1ccc2c(ccc(=O)n2CC(=O)Nc2scc(Br)c2-c2ncn[nH]2)c1. The Morgan fingerprint density at radius 3 is 2.93 bits per heavy atom. The first-order chi connectivity index (χ1) is 13.6. The van der Waals surface area contributed by atoms with Crippen LogP contribution in [0.5, 0.6) is 0 Å². The molecule has 2 N–H and O–H groups in total. The molecule has 3 aromatic heterocycles. The second-order valence-corrected chi connectivity index (χ2v) is 7.60. The number of amides is 1. The number of halogens is 1. The fourth-order valence-corrected chi connectivity index (χ4v) is 4.48. The molecule has 0 fully saturated rings. The number of nitrogens with zero attached hydrogens (tertiary/aromatic N) is 3. The molecule has 1 amide bonds. The van der Waals surface area contributed by atoms with Gasteiger partial charge in [-0.3, -0.25) is 24.0 Å². The molecule has 0 atom stereocenters. The third-order valence-electron chi connectivity index (χ3n) is 4.10. The van der Waals surface area contributed by atoms with Crippen LogP contribution in [0.15, 0.2) is 51.3 Å². The van der Waals surface area contributed by atoms with Gasteiger partial charge in [0.1, 0.15) is 24.2 Å². The molecule has 0 radical (unpaired) electrons. The maximum atomic E-state index is 12.7. The van der Waals surface area contributed by atoms with Crippen LogP contribution >= 0.6 is 27.3 Å². The number of rotatable bonds is 5. The number of carbonyl (C=O) groups excluding carboxylic acids is 2. The minimum Gasteiger partial charge on any atom is -0.315 e. The van der Waals surface area contributed by atoms with Gasteiger partial charge in [-0.1, -0.05) is 0 Å². The van der Waals surface area contributed by atoms with Crippen molar-refractivity contribution in [3.05, 3.63) is 62.4 Å². The summed E-state index contributed by atoms with van der Waals surface area (Å²) in [6, 6.07) is 7.97. The topological polar surface area (TPSA) is 110 Å². The summed E-state index contributed by atoms with van der Waals surface area (Å²) in [5.74, 6) is 0.163. The van der Waals surface area contributed by atoms with E-state index in [9.17, 15) is 14.4 Å². The second-order valence-electron chi connectivity index (χ2n) is 5.86. The van der Waals surface area contributed by atoms with Crippen molar-refractivity contribution in [3.8, 4) is 11.4 Å². The predicted molar refractivity (Wildman–Crippen MR) is 110 cm³/mol. The van der Waals surface area contributed by atoms with Crippen LogP contribution in [0.1, 0.15) is 10.4 Å². The van der Waals surface area contributed by atoms with Gasteiger partial charge in [-0.25, -0.2) is 4.98 Å². The van der Waals surface area contributed by atoms with Crippen molar-refractivity contribution in [1.29, 1.82) is 0 Å². The van der Waals surface area contributed by atoms with Crippen LogP contribution in [0.25, 0.3) is 22.3 Å². The van der Waals surface area contributed by atoms with Crippen molar-refractivity contribution in [3.63, 3.8) is 0 Å². The largest absolute Gasteiger partial charge is 0.315 e. The number of hydrogen-bond donors (Lipinski definition) is 2. The predicted octanol–water partition coefficient (Wildman–Crippen LogP) is 3.06. The average Bonchev–Trinajstić information content (AvgIpc) is 3.33. The molecular formula is C18H12BrN5O3S. The van der Waals surface area contributed by atoms with E-state index in [1.807, 2.05) is 5.38 Å². The first kappa shape index (κ1) is 18.3. The average molecular weight is 458 g/mol. The van der Waals surface area contributed by atoms with Crippen LogP contribution < -0.4 is 10.9 Å². The van der Waals surface area contributed by atoms with Gasteiger partial charge in [0.05, 0.1) is 11.1 Å². The number of anilines is 1. The Hall–Kier alpha value is -3.11. The molecule has 4 aromatic rings. The minimum absolute atomic E-state index is 0.165. The van der Waals surface area contributed by atoms with Gasteiger partial charge < -0.3 is 5.32 Å². The fourth-order valence-electron chi connectivity index (χ4n) is 2.84. The normalized spacial score (nSPS) is 10.9. The number of aromatic amines is 1. The van der Waals surface area contributed by atoms with Gasteiger partial charge in [-0.2, -0.15) is 5.10 Å². The smallest absolute Gasteiger partial charge is 0.251 e. The van der Waals surface area contributed by atoms with Crippen LogP contribution in [-0.4, -0.2) is 31.9 Å². The van der Waals surface area contributed by atoms with Crippen LogP contribution in [0.3, 0.4) is 0 Å². The molecule has 0 unspecified atom stereocenters. The monoisotopic (exact) mass is 457 g/mol. The van der Waals surface area contributed by atoms with E-state index >= 15 is 0 Å². The molecule has 0 saturated heterocycles. The van der Waals surface area contributed by atoms with Gasteiger partial charge >= 0.3 is 0 Å². The Morgan fingerprint density at radius 2 is 2.18 bits per heavy atom. The van der Waals surface area contributed by atoms with Gasteiger partial charge in [0.2, 0.25) is 5.91 Å². The zero-order valence-electron chi connectivity index (χ0n) is 14.2. The van der Waals surface area contributed by atoms with E-state index in [2.05, 4.69) is 36.4 Å². The van der Waals surface area contributed by atoms with Crippen molar-refractivity contribution in [2.45, 2.75) is 6.54 Å². The molecule has 0 bridgehead atoms. The van der Waals surface area contributed by atoms with Crippen molar-refractivity contribution >= 4 is 55.4 Å². The van der Waals surface area contributed by atoms with E-state index in [4.69, 9.17) is 0 Å². The number of aromatic nitrogens is 4. The van der Waals surface area contributed by atoms with Gasteiger partial charge in [0, 0.05) is 21.5 Å². The third-order valence-corrected chi connectivity index (χ3v) is 5.93. The first-order valence-electron chi connectivity index (χ1n) is 8.08. The third kappa shape index (κ3) is 3.39. The summed E-state index contributed by atoms with van der Waals surface area (Å²) in [5.41, 5.74) is 1.47. The van der Waals surface area contributed by atoms with Crippen LogP contribution in [0.2, 0.25) is 0 Å². The van der Waals surface area contributed by atoms with E-state index in [0.29, 0.717) is 32.9 Å². The Labute approximate surface area is 170 Å². The number of aldehydes is 1. The zero-order chi connectivity index (χ0) is 19.7. The van der Waals surface area contributed by atoms with Crippen LogP contribution in [-0.2, 0) is 11.3 Å². The summed E-state index contributed by atoms with van der Waals surface area (Å²) < 4.78 is 2.14. The lowest BCUT2D eigenvalue weighted by Gasteiger charge is -2.11. The zero-order valence-corrected chi connectivity index (χ0v) is 16.6. The summed E-state index contributed by atoms with van der Waals surface area (Å²) >= 11 is 4.77. The summed E-state index contributed by atoms with van der Waals surface area (Å²) in [4.78, 5) is 40.1. The number of H-pyrrole nitrogens is 1. The molecule has 0 aliphatic heterocycles. The number of carbonyl (C=O) groups is 2. The van der Waals surface area contributed by atoms with Crippen LogP contribution in [0, 0.1) is 0 Å². The Morgan fingerprint density at radius 1 is 1.32 bits per heavy atom. The van der Waals surface area contributed by atoms with Gasteiger partial charge in [0.15, 0.2) is 5.82 Å². The van der Waals surface area contributed by atoms with Crippen LogP contribution in [0.4, 0.5) is 5.00 Å². The van der Waals surface area contributed by atoms with E-state index < -0.39 is 0 Å². The molecule has 1 aromatic carbocycles. The maximum absolute atomic E-state index is 12.7. The van der Waals surface area contributed by atoms with Crippen molar-refractivity contribution < 1.29 is 9.59 Å². The summed E-state index contributed by atoms with van der Waals surface area (Å²) in [7, 11) is 0. The molecule has 28 heavy (non-hydrogen) atoms. The highest BCUT2D eigenvalue weighted by Gasteiger charge is 2.17. The number of pyridine rings is 1. The van der Waals surface area contributed by atoms with Crippen molar-refractivity contribution in [1.82, 2.24) is 19.7 Å². The highest BCUT2D eigenvalue weighted by Crippen LogP contribution is 2.38. The summed E-state index contributed by atoms with van der Waals surface area (Å²) in [5, 5.41) is 12.6. The van der Waals surface area contributed by atoms with Crippen molar-refractivity contribution in [2.75, 3.05) is 5.32 Å². The van der Waals surface area contributed by atoms with Gasteiger partial charge in [0.25, 0.3) is 5.56 Å². The Kier molecular flexibility index (Phi) is 4.88. The summed E-state index contributed by atoms with van der Waals surface area (Å²) in [6.45, 7) is -0.165. The molecule has 0 aliphatic rings. The molecule has 4 rings (SSSR count). The van der Waals surface area contributed by atoms with Crippen molar-refractivity contribution in [2.24, 2.45) is 0 Å². The number of nitrogens with one attached hydrogen (secondary N) is 2. The number of benzene rings is 1. The molecule has 3 heterocycles. The lowest BCUT2D eigenvalue weighted by molar-refractivity contribution is -0.116. The van der Waals surface area contributed by atoms with E-state index in [1.54, 1.807) is 24.3 Å². The quantitative estimate of drug-likeness (QED) is 0.447. The maximum Gasteiger partial charge on any atom is 0.251 e. The fraction of sp³-hybridized carbons (Fsp3) is 0.0556. The Balaban J connectivity index is 1.64. The molecule has 8 nitrogen and oxygen atoms in total. The van der Waals surface area contributed by atoms with E-state index in [1.165, 1.54) is 28.3 Å². The van der Waals surface area contributed by atoms with E-state index in [-0.39, 0.29) is 18.0 Å². The molecule has 0 saturated carbocycles. The standard InChI is InChI=1S/C18H12BrN5O3S/c19-12-8-28-18(16(12)17-20-9-21-23-17)22-14(26)6-24-13-3-1-10(7-25)5-11(13)2-4-15(24)27/h1-5,7-9H,6H2,(H,22,26)(H,20,21,23). The minimum atomic E-state index is -0.357. The highest BCUT2D eigenvalue weighted by atomic mass is 79.9. The number of thiophene rings is 1. The molecule has 0 aliphatic carbocycles. The van der Waals surface area contributed by atoms with Gasteiger partial charge in [-0.05, 0) is 45.6 Å². The molecule has 10 heteroatoms. The van der Waals surface area contributed by atoms with E-state index in [0.717, 1.165) is 10.8 Å². The molecular weight excluding hydrogens is 446 g/mol.